The van der Waals surface area contributed by atoms with E-state index in [2.05, 4.69) is 0 Å². The topological polar surface area (TPSA) is 37.3 Å². The van der Waals surface area contributed by atoms with Gasteiger partial charge in [-0.3, -0.25) is 0 Å². The van der Waals surface area contributed by atoms with Gasteiger partial charge in [0, 0.05) is 11.8 Å². The van der Waals surface area contributed by atoms with Gasteiger partial charge >= 0.3 is 5.97 Å². The number of hydrogen-bond donors (Lipinski definition) is 1. The van der Waals surface area contributed by atoms with E-state index >= 15 is 0 Å². The molecule has 0 amide bonds. The fourth-order valence-electron chi connectivity index (χ4n) is 1.35. The first-order valence-electron chi connectivity index (χ1n) is 4.08. The van der Waals surface area contributed by atoms with Gasteiger partial charge in [0.15, 0.2) is 0 Å². The van der Waals surface area contributed by atoms with E-state index in [1.165, 1.54) is 0 Å². The van der Waals surface area contributed by atoms with Crippen LogP contribution in [0, 0.1) is 6.92 Å². The van der Waals surface area contributed by atoms with Crippen LogP contribution in [0.4, 0.5) is 0 Å². The smallest absolute Gasteiger partial charge is 0.336 e. The molecular formula is C10H10Cl2O2. The van der Waals surface area contributed by atoms with Crippen molar-refractivity contribution in [1.29, 1.82) is 0 Å². The highest BCUT2D eigenvalue weighted by molar-refractivity contribution is 6.19. The van der Waals surface area contributed by atoms with Gasteiger partial charge < -0.3 is 5.11 Å². The highest BCUT2D eigenvalue weighted by atomic mass is 35.5. The van der Waals surface area contributed by atoms with Crippen molar-refractivity contribution < 1.29 is 9.90 Å². The molecular weight excluding hydrogens is 223 g/mol. The third-order valence-electron chi connectivity index (χ3n) is 2.16. The molecule has 0 fully saturated rings. The summed E-state index contributed by atoms with van der Waals surface area (Å²) in [6.45, 7) is 1.89. The van der Waals surface area contributed by atoms with Crippen LogP contribution in [0.5, 0.6) is 0 Å². The van der Waals surface area contributed by atoms with Crippen LogP contribution in [-0.4, -0.2) is 11.1 Å². The second-order valence-electron chi connectivity index (χ2n) is 2.96. The summed E-state index contributed by atoms with van der Waals surface area (Å²) in [7, 11) is 0. The summed E-state index contributed by atoms with van der Waals surface area (Å²) in [6, 6.07) is 3.31. The molecule has 0 unspecified atom stereocenters. The van der Waals surface area contributed by atoms with Crippen LogP contribution in [0.25, 0.3) is 0 Å². The SMILES string of the molecule is Cc1ccc(C(=O)O)c(CCl)c1CCl. The molecule has 1 N–H and O–H groups in total. The van der Waals surface area contributed by atoms with Crippen LogP contribution in [0.2, 0.25) is 0 Å². The van der Waals surface area contributed by atoms with Crippen molar-refractivity contribution in [3.05, 3.63) is 34.4 Å². The third-order valence-corrected chi connectivity index (χ3v) is 2.70. The number of rotatable bonds is 3. The fraction of sp³-hybridized carbons (Fsp3) is 0.300. The average molecular weight is 233 g/mol. The Bertz CT molecular complexity index is 361. The number of alkyl halides is 2. The van der Waals surface area contributed by atoms with E-state index in [4.69, 9.17) is 28.3 Å². The first-order chi connectivity index (χ1) is 6.61. The first-order valence-corrected chi connectivity index (χ1v) is 5.15. The van der Waals surface area contributed by atoms with Crippen molar-refractivity contribution in [3.8, 4) is 0 Å². The second-order valence-corrected chi connectivity index (χ2v) is 3.49. The minimum Gasteiger partial charge on any atom is -0.478 e. The van der Waals surface area contributed by atoms with E-state index in [9.17, 15) is 4.79 Å². The van der Waals surface area contributed by atoms with Gasteiger partial charge in [0.05, 0.1) is 5.56 Å². The van der Waals surface area contributed by atoms with Gasteiger partial charge in [0.2, 0.25) is 0 Å². The van der Waals surface area contributed by atoms with Crippen LogP contribution in [0.1, 0.15) is 27.0 Å². The van der Waals surface area contributed by atoms with Gasteiger partial charge in [-0.05, 0) is 29.7 Å². The lowest BCUT2D eigenvalue weighted by molar-refractivity contribution is 0.0696. The largest absolute Gasteiger partial charge is 0.478 e. The summed E-state index contributed by atoms with van der Waals surface area (Å²) in [5, 5.41) is 8.91. The second kappa shape index (κ2) is 4.67. The molecule has 0 atom stereocenters. The summed E-state index contributed by atoms with van der Waals surface area (Å²) in [4.78, 5) is 10.9. The molecule has 0 bridgehead atoms. The Balaban J connectivity index is 3.40. The molecule has 0 heterocycles. The predicted molar refractivity (Wildman–Crippen MR) is 57.3 cm³/mol. The number of carbonyl (C=O) groups is 1. The summed E-state index contributed by atoms with van der Waals surface area (Å²) < 4.78 is 0. The molecule has 0 aliphatic carbocycles. The zero-order valence-corrected chi connectivity index (χ0v) is 9.19. The van der Waals surface area contributed by atoms with Gasteiger partial charge in [-0.25, -0.2) is 4.79 Å². The Morgan fingerprint density at radius 1 is 1.29 bits per heavy atom. The van der Waals surface area contributed by atoms with Gasteiger partial charge in [-0.15, -0.1) is 23.2 Å². The van der Waals surface area contributed by atoms with Crippen molar-refractivity contribution in [1.82, 2.24) is 0 Å². The van der Waals surface area contributed by atoms with Crippen molar-refractivity contribution in [2.75, 3.05) is 0 Å². The monoisotopic (exact) mass is 232 g/mol. The van der Waals surface area contributed by atoms with Crippen molar-refractivity contribution >= 4 is 29.2 Å². The number of aryl methyl sites for hydroxylation is 1. The molecule has 1 rings (SSSR count). The zero-order chi connectivity index (χ0) is 10.7. The number of carboxylic acid groups (broad SMARTS) is 1. The molecule has 0 aliphatic heterocycles. The van der Waals surface area contributed by atoms with E-state index in [1.807, 2.05) is 6.92 Å². The summed E-state index contributed by atoms with van der Waals surface area (Å²) >= 11 is 11.5. The molecule has 76 valence electrons. The molecule has 0 saturated heterocycles. The van der Waals surface area contributed by atoms with E-state index in [-0.39, 0.29) is 17.3 Å². The zero-order valence-electron chi connectivity index (χ0n) is 7.68. The van der Waals surface area contributed by atoms with E-state index in [0.29, 0.717) is 5.56 Å². The molecule has 0 aliphatic rings. The van der Waals surface area contributed by atoms with Crippen LogP contribution in [-0.2, 0) is 11.8 Å². The molecule has 2 nitrogen and oxygen atoms in total. The van der Waals surface area contributed by atoms with E-state index in [0.717, 1.165) is 11.1 Å². The maximum atomic E-state index is 10.9. The molecule has 4 heteroatoms. The maximum absolute atomic E-state index is 10.9. The molecule has 1 aromatic rings. The van der Waals surface area contributed by atoms with Crippen LogP contribution in [0.3, 0.4) is 0 Å². The minimum atomic E-state index is -0.966. The Labute approximate surface area is 92.5 Å². The van der Waals surface area contributed by atoms with Crippen LogP contribution >= 0.6 is 23.2 Å². The van der Waals surface area contributed by atoms with Crippen molar-refractivity contribution in [2.45, 2.75) is 18.7 Å². The third kappa shape index (κ3) is 2.02. The van der Waals surface area contributed by atoms with Gasteiger partial charge in [-0.2, -0.15) is 0 Å². The van der Waals surface area contributed by atoms with Gasteiger partial charge in [0.1, 0.15) is 0 Å². The van der Waals surface area contributed by atoms with E-state index < -0.39 is 5.97 Å². The summed E-state index contributed by atoms with van der Waals surface area (Å²) in [5.41, 5.74) is 2.65. The Morgan fingerprint density at radius 2 is 1.86 bits per heavy atom. The first kappa shape index (κ1) is 11.3. The number of carboxylic acids is 1. The lowest BCUT2D eigenvalue weighted by Gasteiger charge is -2.10. The van der Waals surface area contributed by atoms with Gasteiger partial charge in [-0.1, -0.05) is 6.07 Å². The summed E-state index contributed by atoms with van der Waals surface area (Å²) in [5.74, 6) is -0.507. The number of aromatic carboxylic acids is 1. The number of benzene rings is 1. The fourth-order valence-corrected chi connectivity index (χ4v) is 2.03. The molecule has 14 heavy (non-hydrogen) atoms. The lowest BCUT2D eigenvalue weighted by Crippen LogP contribution is -2.05. The summed E-state index contributed by atoms with van der Waals surface area (Å²) in [6.07, 6.45) is 0. The van der Waals surface area contributed by atoms with Crippen molar-refractivity contribution in [3.63, 3.8) is 0 Å². The molecule has 1 aromatic carbocycles. The lowest BCUT2D eigenvalue weighted by atomic mass is 9.99. The average Bonchev–Trinajstić information content (AvgIpc) is 2.16. The Hall–Kier alpha value is -0.730. The number of hydrogen-bond acceptors (Lipinski definition) is 1. The Morgan fingerprint density at radius 3 is 2.29 bits per heavy atom. The highest BCUT2D eigenvalue weighted by Gasteiger charge is 2.14. The molecule has 0 aromatic heterocycles. The maximum Gasteiger partial charge on any atom is 0.336 e. The van der Waals surface area contributed by atoms with Crippen LogP contribution < -0.4 is 0 Å². The highest BCUT2D eigenvalue weighted by Crippen LogP contribution is 2.22. The van der Waals surface area contributed by atoms with Crippen LogP contribution in [0.15, 0.2) is 12.1 Å². The quantitative estimate of drug-likeness (QED) is 0.814. The number of halogens is 2. The standard InChI is InChI=1S/C10H10Cl2O2/c1-6-2-3-7(10(13)14)9(5-12)8(6)4-11/h2-3H,4-5H2,1H3,(H,13,14). The predicted octanol–water partition coefficient (Wildman–Crippen LogP) is 3.17. The minimum absolute atomic E-state index is 0.172. The molecule has 0 radical (unpaired) electrons. The van der Waals surface area contributed by atoms with Crippen molar-refractivity contribution in [2.24, 2.45) is 0 Å². The van der Waals surface area contributed by atoms with E-state index in [1.54, 1.807) is 12.1 Å². The normalized spacial score (nSPS) is 10.2. The molecule has 0 spiro atoms. The van der Waals surface area contributed by atoms with Gasteiger partial charge in [0.25, 0.3) is 0 Å². The Kier molecular flexibility index (Phi) is 3.78. The molecule has 0 saturated carbocycles.